The van der Waals surface area contributed by atoms with Crippen LogP contribution in [0.25, 0.3) is 11.0 Å². The van der Waals surface area contributed by atoms with E-state index in [0.717, 1.165) is 11.3 Å². The van der Waals surface area contributed by atoms with E-state index in [1.54, 1.807) is 12.1 Å². The first kappa shape index (κ1) is 14.0. The molecule has 5 nitrogen and oxygen atoms in total. The van der Waals surface area contributed by atoms with Gasteiger partial charge in [-0.2, -0.15) is 0 Å². The molecule has 19 heavy (non-hydrogen) atoms. The summed E-state index contributed by atoms with van der Waals surface area (Å²) in [5.74, 6) is 0.833. The Labute approximate surface area is 113 Å². The quantitative estimate of drug-likeness (QED) is 0.922. The number of sulfone groups is 1. The molecule has 0 saturated heterocycles. The molecule has 1 N–H and O–H groups in total. The molecule has 1 aromatic heterocycles. The Hall–Kier alpha value is -1.40. The number of nitrogens with one attached hydrogen (secondary N) is 1. The first-order valence-corrected chi connectivity index (χ1v) is 8.07. The zero-order valence-corrected chi connectivity index (χ0v) is 12.5. The van der Waals surface area contributed by atoms with Crippen LogP contribution in [0.5, 0.6) is 0 Å². The molecule has 0 fully saturated rings. The molecule has 0 bridgehead atoms. The van der Waals surface area contributed by atoms with Crippen LogP contribution < -0.4 is 5.32 Å². The second-order valence-corrected chi connectivity index (χ2v) is 7.00. The Balaban J connectivity index is 2.57. The highest BCUT2D eigenvalue weighted by Gasteiger charge is 2.17. The molecule has 0 amide bonds. The first-order chi connectivity index (χ1) is 8.80. The molecule has 1 heterocycles. The van der Waals surface area contributed by atoms with Crippen LogP contribution in [-0.2, 0) is 23.4 Å². The van der Waals surface area contributed by atoms with Gasteiger partial charge < -0.3 is 9.88 Å². The normalized spacial score (nSPS) is 12.5. The van der Waals surface area contributed by atoms with Crippen molar-refractivity contribution in [2.45, 2.75) is 31.3 Å². The molecule has 0 saturated carbocycles. The van der Waals surface area contributed by atoms with E-state index in [-0.39, 0.29) is 4.90 Å². The molecule has 0 radical (unpaired) electrons. The lowest BCUT2D eigenvalue weighted by atomic mass is 10.3. The third-order valence-corrected chi connectivity index (χ3v) is 4.16. The predicted molar refractivity (Wildman–Crippen MR) is 75.8 cm³/mol. The van der Waals surface area contributed by atoms with Gasteiger partial charge in [0.2, 0.25) is 0 Å². The molecule has 2 rings (SSSR count). The van der Waals surface area contributed by atoms with Crippen LogP contribution in [0, 0.1) is 0 Å². The maximum Gasteiger partial charge on any atom is 0.177 e. The van der Waals surface area contributed by atoms with Crippen LogP contribution >= 0.6 is 0 Å². The minimum absolute atomic E-state index is 0.288. The largest absolute Gasteiger partial charge is 0.330 e. The number of rotatable bonds is 4. The van der Waals surface area contributed by atoms with Gasteiger partial charge in [0.25, 0.3) is 0 Å². The van der Waals surface area contributed by atoms with Crippen molar-refractivity contribution in [2.75, 3.05) is 6.26 Å². The van der Waals surface area contributed by atoms with Crippen LogP contribution in [0.2, 0.25) is 0 Å². The maximum atomic E-state index is 11.8. The SMILES string of the molecule is CC(C)NCc1nc2c(S(C)(=O)=O)cccc2n1C. The molecule has 2 aromatic rings. The average Bonchev–Trinajstić information content (AvgIpc) is 2.62. The molecule has 104 valence electrons. The highest BCUT2D eigenvalue weighted by atomic mass is 32.2. The molecule has 0 aliphatic rings. The van der Waals surface area contributed by atoms with Crippen LogP contribution in [-0.4, -0.2) is 30.3 Å². The fourth-order valence-electron chi connectivity index (χ4n) is 1.99. The number of imidazole rings is 1. The van der Waals surface area contributed by atoms with Crippen LogP contribution in [0.15, 0.2) is 23.1 Å². The highest BCUT2D eigenvalue weighted by Crippen LogP contribution is 2.22. The molecule has 6 heteroatoms. The van der Waals surface area contributed by atoms with Crippen molar-refractivity contribution in [1.29, 1.82) is 0 Å². The fraction of sp³-hybridized carbons (Fsp3) is 0.462. The first-order valence-electron chi connectivity index (χ1n) is 6.18. The molecule has 0 aliphatic carbocycles. The summed E-state index contributed by atoms with van der Waals surface area (Å²) in [6, 6.07) is 5.59. The third-order valence-electron chi connectivity index (χ3n) is 3.03. The summed E-state index contributed by atoms with van der Waals surface area (Å²) in [7, 11) is -1.36. The van der Waals surface area contributed by atoms with Crippen molar-refractivity contribution in [3.05, 3.63) is 24.0 Å². The van der Waals surface area contributed by atoms with Gasteiger partial charge in [-0.3, -0.25) is 0 Å². The number of aryl methyl sites for hydroxylation is 1. The summed E-state index contributed by atoms with van der Waals surface area (Å²) in [5.41, 5.74) is 1.39. The number of benzene rings is 1. The molecule has 1 aromatic carbocycles. The lowest BCUT2D eigenvalue weighted by molar-refractivity contribution is 0.563. The van der Waals surface area contributed by atoms with Crippen molar-refractivity contribution in [2.24, 2.45) is 7.05 Å². The van der Waals surface area contributed by atoms with E-state index in [0.29, 0.717) is 18.1 Å². The Kier molecular flexibility index (Phi) is 3.64. The topological polar surface area (TPSA) is 64.0 Å². The van der Waals surface area contributed by atoms with E-state index in [1.165, 1.54) is 6.26 Å². The minimum Gasteiger partial charge on any atom is -0.330 e. The molecule has 0 aliphatic heterocycles. The average molecular weight is 281 g/mol. The number of hydrogen-bond donors (Lipinski definition) is 1. The zero-order chi connectivity index (χ0) is 14.2. The van der Waals surface area contributed by atoms with E-state index in [4.69, 9.17) is 0 Å². The third kappa shape index (κ3) is 2.79. The van der Waals surface area contributed by atoms with E-state index < -0.39 is 9.84 Å². The molecular formula is C13H19N3O2S. The van der Waals surface area contributed by atoms with Crippen LogP contribution in [0.3, 0.4) is 0 Å². The maximum absolute atomic E-state index is 11.8. The second-order valence-electron chi connectivity index (χ2n) is 5.02. The Morgan fingerprint density at radius 3 is 2.63 bits per heavy atom. The van der Waals surface area contributed by atoms with E-state index in [2.05, 4.69) is 24.1 Å². The van der Waals surface area contributed by atoms with Crippen molar-refractivity contribution in [3.8, 4) is 0 Å². The fourth-order valence-corrected chi connectivity index (χ4v) is 2.82. The van der Waals surface area contributed by atoms with Gasteiger partial charge in [0.05, 0.1) is 17.0 Å². The van der Waals surface area contributed by atoms with Gasteiger partial charge in [-0.05, 0) is 12.1 Å². The number of nitrogens with zero attached hydrogens (tertiary/aromatic N) is 2. The summed E-state index contributed by atoms with van der Waals surface area (Å²) < 4.78 is 25.5. The number of fused-ring (bicyclic) bond motifs is 1. The Morgan fingerprint density at radius 1 is 1.37 bits per heavy atom. The lowest BCUT2D eigenvalue weighted by Gasteiger charge is -2.07. The number of para-hydroxylation sites is 1. The molecular weight excluding hydrogens is 262 g/mol. The Morgan fingerprint density at radius 2 is 2.05 bits per heavy atom. The lowest BCUT2D eigenvalue weighted by Crippen LogP contribution is -2.23. The Bertz CT molecular complexity index is 702. The highest BCUT2D eigenvalue weighted by molar-refractivity contribution is 7.91. The van der Waals surface area contributed by atoms with E-state index in [9.17, 15) is 8.42 Å². The van der Waals surface area contributed by atoms with Crippen molar-refractivity contribution < 1.29 is 8.42 Å². The van der Waals surface area contributed by atoms with E-state index in [1.807, 2.05) is 17.7 Å². The predicted octanol–water partition coefficient (Wildman–Crippen LogP) is 1.47. The standard InChI is InChI=1S/C13H19N3O2S/c1-9(2)14-8-12-15-13-10(16(12)3)6-5-7-11(13)19(4,17)18/h5-7,9,14H,8H2,1-4H3. The smallest absolute Gasteiger partial charge is 0.177 e. The van der Waals surface area contributed by atoms with Crippen molar-refractivity contribution in [3.63, 3.8) is 0 Å². The summed E-state index contributed by atoms with van der Waals surface area (Å²) in [6.07, 6.45) is 1.21. The van der Waals surface area contributed by atoms with Gasteiger partial charge in [-0.15, -0.1) is 0 Å². The molecule has 0 spiro atoms. The van der Waals surface area contributed by atoms with Gasteiger partial charge in [-0.25, -0.2) is 13.4 Å². The number of aromatic nitrogens is 2. The van der Waals surface area contributed by atoms with Gasteiger partial charge in [0.15, 0.2) is 9.84 Å². The van der Waals surface area contributed by atoms with E-state index >= 15 is 0 Å². The summed E-state index contributed by atoms with van der Waals surface area (Å²) >= 11 is 0. The van der Waals surface area contributed by atoms with Crippen molar-refractivity contribution in [1.82, 2.24) is 14.9 Å². The summed E-state index contributed by atoms with van der Waals surface area (Å²) in [5, 5.41) is 3.29. The molecule has 0 unspecified atom stereocenters. The summed E-state index contributed by atoms with van der Waals surface area (Å²) in [4.78, 5) is 4.76. The van der Waals surface area contributed by atoms with Crippen molar-refractivity contribution >= 4 is 20.9 Å². The minimum atomic E-state index is -3.26. The van der Waals surface area contributed by atoms with Gasteiger partial charge in [0, 0.05) is 19.3 Å². The van der Waals surface area contributed by atoms with Gasteiger partial charge >= 0.3 is 0 Å². The summed E-state index contributed by atoms with van der Waals surface area (Å²) in [6.45, 7) is 4.74. The second kappa shape index (κ2) is 4.94. The zero-order valence-electron chi connectivity index (χ0n) is 11.6. The van der Waals surface area contributed by atoms with Gasteiger partial charge in [0.1, 0.15) is 11.3 Å². The monoisotopic (exact) mass is 281 g/mol. The molecule has 0 atom stereocenters. The van der Waals surface area contributed by atoms with Gasteiger partial charge in [-0.1, -0.05) is 19.9 Å². The van der Waals surface area contributed by atoms with Crippen LogP contribution in [0.1, 0.15) is 19.7 Å². The number of hydrogen-bond acceptors (Lipinski definition) is 4. The van der Waals surface area contributed by atoms with Crippen LogP contribution in [0.4, 0.5) is 0 Å².